The summed E-state index contributed by atoms with van der Waals surface area (Å²) in [6.45, 7) is 4.10. The van der Waals surface area contributed by atoms with Crippen LogP contribution in [0.25, 0.3) is 16.0 Å². The van der Waals surface area contributed by atoms with Crippen molar-refractivity contribution >= 4 is 44.1 Å². The number of rotatable bonds is 4. The second kappa shape index (κ2) is 8.70. The van der Waals surface area contributed by atoms with Crippen LogP contribution in [0.5, 0.6) is 0 Å². The average molecular weight is 491 g/mol. The van der Waals surface area contributed by atoms with E-state index in [1.165, 1.54) is 47.4 Å². The van der Waals surface area contributed by atoms with Crippen molar-refractivity contribution in [2.24, 2.45) is 0 Å². The largest absolute Gasteiger partial charge is 0.507 e. The lowest BCUT2D eigenvalue weighted by atomic mass is 9.93. The van der Waals surface area contributed by atoms with Crippen molar-refractivity contribution < 1.29 is 23.5 Å². The van der Waals surface area contributed by atoms with Crippen LogP contribution in [-0.4, -0.2) is 21.8 Å². The third kappa shape index (κ3) is 4.00. The van der Waals surface area contributed by atoms with Crippen LogP contribution in [0.2, 0.25) is 0 Å². The van der Waals surface area contributed by atoms with Gasteiger partial charge in [-0.3, -0.25) is 14.5 Å². The Morgan fingerprint density at radius 1 is 0.971 bits per heavy atom. The van der Waals surface area contributed by atoms with Crippen LogP contribution in [0.15, 0.2) is 72.3 Å². The molecule has 1 amide bonds. The highest BCUT2D eigenvalue weighted by Crippen LogP contribution is 2.44. The molecular formula is C27H20F2N2O3S. The molecule has 0 saturated carbocycles. The van der Waals surface area contributed by atoms with Crippen LogP contribution < -0.4 is 4.90 Å². The van der Waals surface area contributed by atoms with Gasteiger partial charge in [-0.1, -0.05) is 49.4 Å². The van der Waals surface area contributed by atoms with E-state index in [2.05, 4.69) is 18.8 Å². The van der Waals surface area contributed by atoms with Gasteiger partial charge in [0.25, 0.3) is 5.78 Å². The first-order chi connectivity index (χ1) is 16.7. The summed E-state index contributed by atoms with van der Waals surface area (Å²) in [6.07, 6.45) is 0. The van der Waals surface area contributed by atoms with Gasteiger partial charge in [-0.05, 0) is 59.5 Å². The van der Waals surface area contributed by atoms with Gasteiger partial charge in [-0.25, -0.2) is 13.8 Å². The molecule has 0 radical (unpaired) electrons. The molecule has 35 heavy (non-hydrogen) atoms. The zero-order chi connectivity index (χ0) is 24.9. The number of anilines is 1. The fourth-order valence-electron chi connectivity index (χ4n) is 4.16. The number of ketones is 1. The van der Waals surface area contributed by atoms with E-state index >= 15 is 0 Å². The van der Waals surface area contributed by atoms with Crippen LogP contribution in [0.3, 0.4) is 0 Å². The molecule has 1 aliphatic rings. The van der Waals surface area contributed by atoms with Crippen molar-refractivity contribution in [1.29, 1.82) is 0 Å². The molecule has 0 bridgehead atoms. The Morgan fingerprint density at radius 3 is 2.29 bits per heavy atom. The van der Waals surface area contributed by atoms with Gasteiger partial charge in [0.2, 0.25) is 0 Å². The van der Waals surface area contributed by atoms with Gasteiger partial charge in [-0.15, -0.1) is 0 Å². The SMILES string of the molecule is CC(C)c1ccc([C@H]2C(=C(O)c3ccc(F)cc3)C(=O)C(=O)N2c2nc3ccc(F)cc3s2)cc1. The summed E-state index contributed by atoms with van der Waals surface area (Å²) < 4.78 is 27.8. The number of amides is 1. The maximum absolute atomic E-state index is 13.8. The zero-order valence-electron chi connectivity index (χ0n) is 18.8. The highest BCUT2D eigenvalue weighted by atomic mass is 32.1. The maximum atomic E-state index is 13.8. The average Bonchev–Trinajstić information content (AvgIpc) is 3.37. The molecular weight excluding hydrogens is 470 g/mol. The van der Waals surface area contributed by atoms with E-state index in [0.717, 1.165) is 16.9 Å². The fourth-order valence-corrected chi connectivity index (χ4v) is 5.18. The van der Waals surface area contributed by atoms with Crippen molar-refractivity contribution in [3.05, 3.63) is 101 Å². The third-order valence-electron chi connectivity index (χ3n) is 6.03. The van der Waals surface area contributed by atoms with Gasteiger partial charge < -0.3 is 5.11 Å². The Labute approximate surface area is 204 Å². The van der Waals surface area contributed by atoms with Crippen molar-refractivity contribution in [3.8, 4) is 0 Å². The van der Waals surface area contributed by atoms with Crippen LogP contribution in [0.4, 0.5) is 13.9 Å². The molecule has 5 nitrogen and oxygen atoms in total. The first-order valence-corrected chi connectivity index (χ1v) is 11.8. The topological polar surface area (TPSA) is 70.5 Å². The number of carbonyl (C=O) groups excluding carboxylic acids is 2. The molecule has 3 aromatic carbocycles. The number of Topliss-reactive ketones (excluding diaryl/α,β-unsaturated/α-hetero) is 1. The van der Waals surface area contributed by atoms with E-state index in [1.807, 2.05) is 24.3 Å². The Kier molecular flexibility index (Phi) is 5.68. The lowest BCUT2D eigenvalue weighted by molar-refractivity contribution is -0.132. The van der Waals surface area contributed by atoms with E-state index in [1.54, 1.807) is 0 Å². The molecule has 8 heteroatoms. The molecule has 0 aliphatic carbocycles. The number of hydrogen-bond acceptors (Lipinski definition) is 5. The number of aliphatic hydroxyl groups is 1. The summed E-state index contributed by atoms with van der Waals surface area (Å²) in [5.74, 6) is -2.80. The molecule has 5 rings (SSSR count). The number of hydrogen-bond donors (Lipinski definition) is 1. The summed E-state index contributed by atoms with van der Waals surface area (Å²) in [4.78, 5) is 32.2. The quantitative estimate of drug-likeness (QED) is 0.206. The standard InChI is InChI=1S/C27H20F2N2O3S/c1-14(2)15-3-5-16(6-4-15)23-22(24(32)17-7-9-18(28)10-8-17)25(33)26(34)31(23)27-30-20-12-11-19(29)13-21(20)35-27/h3-14,23,32H,1-2H3/t23-/m0/s1. The molecule has 4 aromatic rings. The predicted octanol–water partition coefficient (Wildman–Crippen LogP) is 6.32. The van der Waals surface area contributed by atoms with Crippen molar-refractivity contribution in [2.75, 3.05) is 4.90 Å². The molecule has 1 aromatic heterocycles. The van der Waals surface area contributed by atoms with Crippen molar-refractivity contribution in [2.45, 2.75) is 25.8 Å². The Bertz CT molecular complexity index is 1490. The van der Waals surface area contributed by atoms with Crippen LogP contribution in [-0.2, 0) is 9.59 Å². The van der Waals surface area contributed by atoms with Gasteiger partial charge in [0.15, 0.2) is 5.13 Å². The summed E-state index contributed by atoms with van der Waals surface area (Å²) in [7, 11) is 0. The Balaban J connectivity index is 1.71. The highest BCUT2D eigenvalue weighted by Gasteiger charge is 2.48. The van der Waals surface area contributed by atoms with E-state index in [9.17, 15) is 23.5 Å². The van der Waals surface area contributed by atoms with Gasteiger partial charge in [0, 0.05) is 5.56 Å². The number of aliphatic hydroxyl groups excluding tert-OH is 1. The van der Waals surface area contributed by atoms with E-state index in [-0.39, 0.29) is 22.2 Å². The van der Waals surface area contributed by atoms with Gasteiger partial charge >= 0.3 is 5.91 Å². The molecule has 1 aliphatic heterocycles. The monoisotopic (exact) mass is 490 g/mol. The van der Waals surface area contributed by atoms with E-state index in [4.69, 9.17) is 0 Å². The van der Waals surface area contributed by atoms with E-state index in [0.29, 0.717) is 15.8 Å². The Morgan fingerprint density at radius 2 is 1.63 bits per heavy atom. The summed E-state index contributed by atoms with van der Waals surface area (Å²) in [6, 6.07) is 15.6. The zero-order valence-corrected chi connectivity index (χ0v) is 19.6. The molecule has 0 unspecified atom stereocenters. The third-order valence-corrected chi connectivity index (χ3v) is 7.04. The lowest BCUT2D eigenvalue weighted by Gasteiger charge is -2.23. The summed E-state index contributed by atoms with van der Waals surface area (Å²) in [5, 5.41) is 11.3. The van der Waals surface area contributed by atoms with Crippen molar-refractivity contribution in [1.82, 2.24) is 4.98 Å². The molecule has 1 atom stereocenters. The summed E-state index contributed by atoms with van der Waals surface area (Å²) >= 11 is 1.08. The molecule has 2 heterocycles. The summed E-state index contributed by atoms with van der Waals surface area (Å²) in [5.41, 5.74) is 2.24. The minimum atomic E-state index is -0.966. The second-order valence-corrected chi connectivity index (χ2v) is 9.61. The number of benzene rings is 3. The first kappa shape index (κ1) is 22.9. The van der Waals surface area contributed by atoms with Crippen molar-refractivity contribution in [3.63, 3.8) is 0 Å². The molecule has 0 spiro atoms. The first-order valence-electron chi connectivity index (χ1n) is 11.0. The van der Waals surface area contributed by atoms with Crippen LogP contribution >= 0.6 is 11.3 Å². The Hall–Kier alpha value is -3.91. The normalized spacial score (nSPS) is 17.6. The minimum Gasteiger partial charge on any atom is -0.507 e. The van der Waals surface area contributed by atoms with Gasteiger partial charge in [-0.2, -0.15) is 0 Å². The predicted molar refractivity (Wildman–Crippen MR) is 131 cm³/mol. The number of nitrogens with zero attached hydrogens (tertiary/aromatic N) is 2. The number of halogens is 2. The number of aromatic nitrogens is 1. The maximum Gasteiger partial charge on any atom is 0.301 e. The minimum absolute atomic E-state index is 0.121. The fraction of sp³-hybridized carbons (Fsp3) is 0.148. The van der Waals surface area contributed by atoms with Crippen LogP contribution in [0, 0.1) is 11.6 Å². The molecule has 1 N–H and O–H groups in total. The lowest BCUT2D eigenvalue weighted by Crippen LogP contribution is -2.29. The highest BCUT2D eigenvalue weighted by molar-refractivity contribution is 7.22. The molecule has 176 valence electrons. The number of carbonyl (C=O) groups is 2. The smallest absolute Gasteiger partial charge is 0.301 e. The second-order valence-electron chi connectivity index (χ2n) is 8.61. The molecule has 1 fully saturated rings. The van der Waals surface area contributed by atoms with Gasteiger partial charge in [0.1, 0.15) is 17.4 Å². The molecule has 1 saturated heterocycles. The number of fused-ring (bicyclic) bond motifs is 1. The van der Waals surface area contributed by atoms with Gasteiger partial charge in [0.05, 0.1) is 21.8 Å². The number of thiazole rings is 1. The van der Waals surface area contributed by atoms with Crippen LogP contribution in [0.1, 0.15) is 42.5 Å². The van der Waals surface area contributed by atoms with E-state index < -0.39 is 35.1 Å².